The van der Waals surface area contributed by atoms with Gasteiger partial charge in [0, 0.05) is 25.9 Å². The van der Waals surface area contributed by atoms with E-state index in [1.807, 2.05) is 12.1 Å². The molecule has 0 aromatic heterocycles. The molecule has 2 heterocycles. The highest BCUT2D eigenvalue weighted by Crippen LogP contribution is 2.39. The predicted molar refractivity (Wildman–Crippen MR) is 102 cm³/mol. The van der Waals surface area contributed by atoms with Crippen LogP contribution in [0.2, 0.25) is 0 Å². The number of fused-ring (bicyclic) bond motifs is 1. The van der Waals surface area contributed by atoms with Gasteiger partial charge in [0.05, 0.1) is 23.2 Å². The number of ether oxygens (including phenoxy) is 1. The van der Waals surface area contributed by atoms with E-state index in [4.69, 9.17) is 4.74 Å². The van der Waals surface area contributed by atoms with E-state index in [1.165, 1.54) is 6.07 Å². The molecule has 2 amide bonds. The van der Waals surface area contributed by atoms with Crippen molar-refractivity contribution in [1.29, 1.82) is 0 Å². The molecule has 0 saturated carbocycles. The van der Waals surface area contributed by atoms with Gasteiger partial charge in [0.1, 0.15) is 11.4 Å². The van der Waals surface area contributed by atoms with Crippen LogP contribution < -0.4 is 10.1 Å². The van der Waals surface area contributed by atoms with E-state index in [2.05, 4.69) is 5.32 Å². The Bertz CT molecular complexity index is 947. The Hall–Kier alpha value is -3.35. The highest BCUT2D eigenvalue weighted by molar-refractivity contribution is 6.01. The van der Waals surface area contributed by atoms with Gasteiger partial charge in [-0.2, -0.15) is 0 Å². The second kappa shape index (κ2) is 6.99. The number of hydrogen-bond donors (Lipinski definition) is 2. The largest absolute Gasteiger partial charge is 0.486 e. The molecule has 2 aromatic rings. The minimum absolute atomic E-state index is 0.0437. The van der Waals surface area contributed by atoms with Gasteiger partial charge in [0.25, 0.3) is 0 Å². The summed E-state index contributed by atoms with van der Waals surface area (Å²) in [5.41, 5.74) is 0.334. The maximum absolute atomic E-state index is 12.6. The van der Waals surface area contributed by atoms with Crippen molar-refractivity contribution in [2.45, 2.75) is 24.9 Å². The quantitative estimate of drug-likeness (QED) is 0.832. The number of amides is 2. The fourth-order valence-electron chi connectivity index (χ4n) is 3.81. The number of carbonyl (C=O) groups excluding carboxylic acids is 2. The zero-order chi connectivity index (χ0) is 19.7. The number of Topliss-reactive ketones (excluding diaryl/α,β-unsaturated/α-hetero) is 1. The van der Waals surface area contributed by atoms with Crippen molar-refractivity contribution in [2.24, 2.45) is 0 Å². The van der Waals surface area contributed by atoms with E-state index in [0.717, 1.165) is 0 Å². The molecule has 1 spiro atoms. The Labute approximate surface area is 161 Å². The summed E-state index contributed by atoms with van der Waals surface area (Å²) in [6.45, 7) is 0.854. The third kappa shape index (κ3) is 3.31. The van der Waals surface area contributed by atoms with Crippen LogP contribution in [0.1, 0.15) is 40.0 Å². The van der Waals surface area contributed by atoms with Crippen LogP contribution in [-0.4, -0.2) is 46.5 Å². The number of aromatic carboxylic acids is 1. The number of nitrogens with one attached hydrogen (secondary N) is 1. The van der Waals surface area contributed by atoms with Crippen molar-refractivity contribution in [3.63, 3.8) is 0 Å². The normalized spacial score (nSPS) is 17.6. The number of nitrogens with zero attached hydrogens (tertiary/aromatic N) is 1. The summed E-state index contributed by atoms with van der Waals surface area (Å²) in [5.74, 6) is -0.427. The number of piperidine rings is 1. The lowest BCUT2D eigenvalue weighted by atomic mass is 9.82. The summed E-state index contributed by atoms with van der Waals surface area (Å²) in [6.07, 6.45) is 1.39. The number of carboxylic acid groups (broad SMARTS) is 1. The van der Waals surface area contributed by atoms with Crippen LogP contribution in [0.3, 0.4) is 0 Å². The molecule has 2 N–H and O–H groups in total. The maximum Gasteiger partial charge on any atom is 0.337 e. The molecule has 1 fully saturated rings. The fourth-order valence-corrected chi connectivity index (χ4v) is 3.81. The van der Waals surface area contributed by atoms with E-state index < -0.39 is 11.6 Å². The van der Waals surface area contributed by atoms with Crippen LogP contribution in [-0.2, 0) is 0 Å². The summed E-state index contributed by atoms with van der Waals surface area (Å²) in [6, 6.07) is 13.2. The Kier molecular flexibility index (Phi) is 4.50. The number of carboxylic acids is 1. The Morgan fingerprint density at radius 1 is 1.04 bits per heavy atom. The molecule has 144 valence electrons. The highest BCUT2D eigenvalue weighted by Gasteiger charge is 2.43. The van der Waals surface area contributed by atoms with Gasteiger partial charge in [0.2, 0.25) is 0 Å². The Balaban J connectivity index is 1.43. The van der Waals surface area contributed by atoms with Crippen LogP contribution in [0, 0.1) is 0 Å². The summed E-state index contributed by atoms with van der Waals surface area (Å²) < 4.78 is 6.17. The van der Waals surface area contributed by atoms with Gasteiger partial charge in [-0.3, -0.25) is 4.79 Å². The lowest BCUT2D eigenvalue weighted by Gasteiger charge is -2.43. The molecule has 4 rings (SSSR count). The fraction of sp³-hybridized carbons (Fsp3) is 0.286. The SMILES string of the molecule is O=C(O)c1ccccc1NC(=O)N1CCC2(CC1)CC(=O)c1ccccc1O2. The first kappa shape index (κ1) is 18.0. The van der Waals surface area contributed by atoms with Gasteiger partial charge < -0.3 is 20.1 Å². The van der Waals surface area contributed by atoms with E-state index >= 15 is 0 Å². The summed E-state index contributed by atoms with van der Waals surface area (Å²) >= 11 is 0. The van der Waals surface area contributed by atoms with Gasteiger partial charge in [-0.05, 0) is 24.3 Å². The average molecular weight is 380 g/mol. The first-order valence-corrected chi connectivity index (χ1v) is 9.17. The van der Waals surface area contributed by atoms with Crippen molar-refractivity contribution < 1.29 is 24.2 Å². The number of ketones is 1. The number of carbonyl (C=O) groups is 3. The lowest BCUT2D eigenvalue weighted by Crippen LogP contribution is -2.53. The zero-order valence-corrected chi connectivity index (χ0v) is 15.2. The number of anilines is 1. The first-order chi connectivity index (χ1) is 13.5. The molecule has 0 unspecified atom stereocenters. The standard InChI is InChI=1S/C21H20N2O5/c24-17-13-21(28-18-8-4-2-6-15(17)18)9-11-23(12-10-21)20(27)22-16-7-3-1-5-14(16)19(25)26/h1-8H,9-13H2,(H,22,27)(H,25,26). The minimum Gasteiger partial charge on any atom is -0.486 e. The van der Waals surface area contributed by atoms with Crippen molar-refractivity contribution in [3.8, 4) is 5.75 Å². The van der Waals surface area contributed by atoms with E-state index in [9.17, 15) is 19.5 Å². The monoisotopic (exact) mass is 380 g/mol. The zero-order valence-electron chi connectivity index (χ0n) is 15.2. The molecule has 0 bridgehead atoms. The first-order valence-electron chi connectivity index (χ1n) is 9.17. The molecule has 2 aliphatic heterocycles. The summed E-state index contributed by atoms with van der Waals surface area (Å²) in [4.78, 5) is 38.0. The number of rotatable bonds is 2. The van der Waals surface area contributed by atoms with Gasteiger partial charge in [-0.25, -0.2) is 9.59 Å². The second-order valence-corrected chi connectivity index (χ2v) is 7.15. The van der Waals surface area contributed by atoms with Crippen molar-refractivity contribution in [3.05, 3.63) is 59.7 Å². The van der Waals surface area contributed by atoms with Crippen LogP contribution in [0.15, 0.2) is 48.5 Å². The van der Waals surface area contributed by atoms with Crippen molar-refractivity contribution in [1.82, 2.24) is 4.90 Å². The van der Waals surface area contributed by atoms with Gasteiger partial charge in [0.15, 0.2) is 5.78 Å². The van der Waals surface area contributed by atoms with Crippen LogP contribution in [0.25, 0.3) is 0 Å². The number of hydrogen-bond acceptors (Lipinski definition) is 4. The molecule has 7 heteroatoms. The number of likely N-dealkylation sites (tertiary alicyclic amines) is 1. The predicted octanol–water partition coefficient (Wildman–Crippen LogP) is 3.42. The number of para-hydroxylation sites is 2. The topological polar surface area (TPSA) is 95.9 Å². The molecular formula is C21H20N2O5. The maximum atomic E-state index is 12.6. The third-order valence-corrected chi connectivity index (χ3v) is 5.36. The van der Waals surface area contributed by atoms with Crippen LogP contribution >= 0.6 is 0 Å². The average Bonchev–Trinajstić information content (AvgIpc) is 2.68. The molecule has 0 atom stereocenters. The third-order valence-electron chi connectivity index (χ3n) is 5.36. The number of urea groups is 1. The van der Waals surface area contributed by atoms with E-state index in [1.54, 1.807) is 35.2 Å². The lowest BCUT2D eigenvalue weighted by molar-refractivity contribution is 0.000384. The Morgan fingerprint density at radius 2 is 1.71 bits per heavy atom. The van der Waals surface area contributed by atoms with Gasteiger partial charge in [-0.1, -0.05) is 24.3 Å². The van der Waals surface area contributed by atoms with E-state index in [-0.39, 0.29) is 23.1 Å². The van der Waals surface area contributed by atoms with Crippen molar-refractivity contribution >= 4 is 23.5 Å². The molecule has 0 radical (unpaired) electrons. The Morgan fingerprint density at radius 3 is 2.46 bits per heavy atom. The van der Waals surface area contributed by atoms with Gasteiger partial charge in [-0.15, -0.1) is 0 Å². The molecule has 2 aromatic carbocycles. The molecule has 1 saturated heterocycles. The highest BCUT2D eigenvalue weighted by atomic mass is 16.5. The number of benzene rings is 2. The second-order valence-electron chi connectivity index (χ2n) is 7.15. The van der Waals surface area contributed by atoms with Crippen LogP contribution in [0.4, 0.5) is 10.5 Å². The van der Waals surface area contributed by atoms with Gasteiger partial charge >= 0.3 is 12.0 Å². The minimum atomic E-state index is -1.10. The molecule has 28 heavy (non-hydrogen) atoms. The molecular weight excluding hydrogens is 360 g/mol. The molecule has 0 aliphatic carbocycles. The molecule has 2 aliphatic rings. The smallest absolute Gasteiger partial charge is 0.337 e. The molecule has 7 nitrogen and oxygen atoms in total. The van der Waals surface area contributed by atoms with Crippen molar-refractivity contribution in [2.75, 3.05) is 18.4 Å². The summed E-state index contributed by atoms with van der Waals surface area (Å²) in [5, 5.41) is 11.9. The summed E-state index contributed by atoms with van der Waals surface area (Å²) in [7, 11) is 0. The van der Waals surface area contributed by atoms with E-state index in [0.29, 0.717) is 43.7 Å². The van der Waals surface area contributed by atoms with Crippen LogP contribution in [0.5, 0.6) is 5.75 Å².